The Bertz CT molecular complexity index is 459. The molecule has 0 radical (unpaired) electrons. The summed E-state index contributed by atoms with van der Waals surface area (Å²) in [6.45, 7) is 0.308. The van der Waals surface area contributed by atoms with E-state index in [0.717, 1.165) is 5.69 Å². The molecule has 88 valence electrons. The minimum Gasteiger partial charge on any atom is -0.492 e. The molecule has 3 nitrogen and oxygen atoms in total. The summed E-state index contributed by atoms with van der Waals surface area (Å²) >= 11 is 0. The van der Waals surface area contributed by atoms with E-state index in [9.17, 15) is 4.39 Å². The highest BCUT2D eigenvalue weighted by Crippen LogP contribution is 2.13. The van der Waals surface area contributed by atoms with Crippen molar-refractivity contribution in [2.45, 2.75) is 6.04 Å². The van der Waals surface area contributed by atoms with E-state index in [1.165, 1.54) is 12.1 Å². The Hall–Kier alpha value is -1.94. The van der Waals surface area contributed by atoms with Crippen molar-refractivity contribution < 1.29 is 9.13 Å². The number of hydrogen-bond acceptors (Lipinski definition) is 3. The highest BCUT2D eigenvalue weighted by molar-refractivity contribution is 5.22. The number of ether oxygens (including phenoxy) is 1. The topological polar surface area (TPSA) is 48.1 Å². The van der Waals surface area contributed by atoms with E-state index in [0.29, 0.717) is 12.4 Å². The van der Waals surface area contributed by atoms with E-state index >= 15 is 0 Å². The molecule has 0 aliphatic carbocycles. The molecule has 2 aromatic rings. The number of pyridine rings is 1. The number of halogens is 1. The van der Waals surface area contributed by atoms with E-state index in [1.54, 1.807) is 18.3 Å². The Kier molecular flexibility index (Phi) is 3.67. The van der Waals surface area contributed by atoms with Crippen LogP contribution in [-0.2, 0) is 0 Å². The normalized spacial score (nSPS) is 12.1. The van der Waals surface area contributed by atoms with Crippen molar-refractivity contribution in [3.8, 4) is 5.75 Å². The Morgan fingerprint density at radius 2 is 1.94 bits per heavy atom. The maximum absolute atomic E-state index is 12.7. The molecule has 1 aromatic heterocycles. The molecule has 0 saturated carbocycles. The second-order valence-corrected chi connectivity index (χ2v) is 3.63. The van der Waals surface area contributed by atoms with Crippen molar-refractivity contribution in [1.29, 1.82) is 0 Å². The molecule has 1 heterocycles. The molecule has 1 atom stereocenters. The molecule has 0 aliphatic rings. The molecule has 1 unspecified atom stereocenters. The maximum Gasteiger partial charge on any atom is 0.123 e. The standard InChI is InChI=1S/C13H13FN2O/c14-10-4-6-11(7-5-10)17-9-12(15)13-3-1-2-8-16-13/h1-8,12H,9,15H2. The van der Waals surface area contributed by atoms with Crippen LogP contribution in [0.25, 0.3) is 0 Å². The molecule has 2 N–H and O–H groups in total. The van der Waals surface area contributed by atoms with Crippen LogP contribution in [-0.4, -0.2) is 11.6 Å². The molecule has 0 aliphatic heterocycles. The Labute approximate surface area is 99.1 Å². The van der Waals surface area contributed by atoms with Gasteiger partial charge in [0.1, 0.15) is 18.2 Å². The van der Waals surface area contributed by atoms with Gasteiger partial charge in [-0.25, -0.2) is 4.39 Å². The number of aromatic nitrogens is 1. The maximum atomic E-state index is 12.7. The van der Waals surface area contributed by atoms with Gasteiger partial charge < -0.3 is 10.5 Å². The summed E-state index contributed by atoms with van der Waals surface area (Å²) in [7, 11) is 0. The Balaban J connectivity index is 1.92. The minimum absolute atomic E-state index is 0.286. The molecular weight excluding hydrogens is 219 g/mol. The first-order chi connectivity index (χ1) is 8.25. The first-order valence-corrected chi connectivity index (χ1v) is 5.30. The highest BCUT2D eigenvalue weighted by atomic mass is 19.1. The van der Waals surface area contributed by atoms with Crippen molar-refractivity contribution in [2.75, 3.05) is 6.61 Å². The van der Waals surface area contributed by atoms with Crippen LogP contribution >= 0.6 is 0 Å². The van der Waals surface area contributed by atoms with E-state index < -0.39 is 0 Å². The zero-order valence-corrected chi connectivity index (χ0v) is 9.21. The van der Waals surface area contributed by atoms with Gasteiger partial charge in [0.25, 0.3) is 0 Å². The Morgan fingerprint density at radius 3 is 2.59 bits per heavy atom. The predicted octanol–water partition coefficient (Wildman–Crippen LogP) is 2.30. The van der Waals surface area contributed by atoms with Crippen LogP contribution in [0.2, 0.25) is 0 Å². The van der Waals surface area contributed by atoms with Crippen molar-refractivity contribution in [1.82, 2.24) is 4.98 Å². The number of nitrogens with zero attached hydrogens (tertiary/aromatic N) is 1. The van der Waals surface area contributed by atoms with Crippen molar-refractivity contribution in [3.63, 3.8) is 0 Å². The van der Waals surface area contributed by atoms with Gasteiger partial charge in [-0.05, 0) is 36.4 Å². The average Bonchev–Trinajstić information content (AvgIpc) is 2.39. The first-order valence-electron chi connectivity index (χ1n) is 5.30. The average molecular weight is 232 g/mol. The summed E-state index contributed by atoms with van der Waals surface area (Å²) in [5.41, 5.74) is 6.68. The number of nitrogens with two attached hydrogens (primary N) is 1. The van der Waals surface area contributed by atoms with Crippen molar-refractivity contribution in [2.24, 2.45) is 5.73 Å². The first kappa shape index (κ1) is 11.5. The summed E-state index contributed by atoms with van der Waals surface area (Å²) in [6.07, 6.45) is 1.69. The van der Waals surface area contributed by atoms with Crippen molar-refractivity contribution in [3.05, 3.63) is 60.2 Å². The van der Waals surface area contributed by atoms with Gasteiger partial charge in [-0.15, -0.1) is 0 Å². The summed E-state index contributed by atoms with van der Waals surface area (Å²) in [6, 6.07) is 11.1. The van der Waals surface area contributed by atoms with Crippen LogP contribution < -0.4 is 10.5 Å². The van der Waals surface area contributed by atoms with Crippen LogP contribution in [0, 0.1) is 5.82 Å². The largest absolute Gasteiger partial charge is 0.492 e. The predicted molar refractivity (Wildman–Crippen MR) is 63.1 cm³/mol. The summed E-state index contributed by atoms with van der Waals surface area (Å²) < 4.78 is 18.1. The van der Waals surface area contributed by atoms with Gasteiger partial charge in [0.15, 0.2) is 0 Å². The second-order valence-electron chi connectivity index (χ2n) is 3.63. The monoisotopic (exact) mass is 232 g/mol. The Morgan fingerprint density at radius 1 is 1.18 bits per heavy atom. The second kappa shape index (κ2) is 5.41. The molecule has 0 bridgehead atoms. The van der Waals surface area contributed by atoms with Crippen molar-refractivity contribution >= 4 is 0 Å². The third kappa shape index (κ3) is 3.26. The van der Waals surface area contributed by atoms with Gasteiger partial charge in [-0.3, -0.25) is 4.98 Å². The lowest BCUT2D eigenvalue weighted by atomic mass is 10.2. The lowest BCUT2D eigenvalue weighted by molar-refractivity contribution is 0.288. The van der Waals surface area contributed by atoms with Gasteiger partial charge in [0.2, 0.25) is 0 Å². The third-order valence-corrected chi connectivity index (χ3v) is 2.31. The molecule has 0 saturated heterocycles. The molecule has 0 spiro atoms. The van der Waals surface area contributed by atoms with E-state index in [-0.39, 0.29) is 11.9 Å². The molecule has 17 heavy (non-hydrogen) atoms. The van der Waals surface area contributed by atoms with Gasteiger partial charge in [-0.1, -0.05) is 6.07 Å². The summed E-state index contributed by atoms with van der Waals surface area (Å²) in [5.74, 6) is 0.309. The summed E-state index contributed by atoms with van der Waals surface area (Å²) in [4.78, 5) is 4.14. The quantitative estimate of drug-likeness (QED) is 0.879. The van der Waals surface area contributed by atoms with Crippen LogP contribution in [0.5, 0.6) is 5.75 Å². The van der Waals surface area contributed by atoms with Gasteiger partial charge in [-0.2, -0.15) is 0 Å². The fourth-order valence-electron chi connectivity index (χ4n) is 1.40. The van der Waals surface area contributed by atoms with Gasteiger partial charge >= 0.3 is 0 Å². The van der Waals surface area contributed by atoms with Crippen LogP contribution in [0.1, 0.15) is 11.7 Å². The smallest absolute Gasteiger partial charge is 0.123 e. The molecular formula is C13H13FN2O. The SMILES string of the molecule is NC(COc1ccc(F)cc1)c1ccccn1. The van der Waals surface area contributed by atoms with Crippen LogP contribution in [0.3, 0.4) is 0 Å². The van der Waals surface area contributed by atoms with E-state index in [4.69, 9.17) is 10.5 Å². The van der Waals surface area contributed by atoms with Gasteiger partial charge in [0, 0.05) is 6.20 Å². The zero-order valence-electron chi connectivity index (χ0n) is 9.21. The molecule has 0 amide bonds. The number of rotatable bonds is 4. The van der Waals surface area contributed by atoms with Crippen LogP contribution in [0.15, 0.2) is 48.7 Å². The molecule has 1 aromatic carbocycles. The molecule has 4 heteroatoms. The summed E-state index contributed by atoms with van der Waals surface area (Å²) in [5, 5.41) is 0. The highest BCUT2D eigenvalue weighted by Gasteiger charge is 2.07. The lowest BCUT2D eigenvalue weighted by Crippen LogP contribution is -2.20. The number of hydrogen-bond donors (Lipinski definition) is 1. The molecule has 0 fully saturated rings. The van der Waals surface area contributed by atoms with Gasteiger partial charge in [0.05, 0.1) is 11.7 Å². The zero-order chi connectivity index (χ0) is 12.1. The minimum atomic E-state index is -0.291. The lowest BCUT2D eigenvalue weighted by Gasteiger charge is -2.12. The van der Waals surface area contributed by atoms with E-state index in [1.807, 2.05) is 18.2 Å². The van der Waals surface area contributed by atoms with Crippen LogP contribution in [0.4, 0.5) is 4.39 Å². The molecule has 2 rings (SSSR count). The third-order valence-electron chi connectivity index (χ3n) is 2.31. The fraction of sp³-hybridized carbons (Fsp3) is 0.154. The fourth-order valence-corrected chi connectivity index (χ4v) is 1.40. The number of benzene rings is 1. The van der Waals surface area contributed by atoms with E-state index in [2.05, 4.69) is 4.98 Å².